The molecular formula is C13H29N. The van der Waals surface area contributed by atoms with Crippen molar-refractivity contribution in [3.63, 3.8) is 0 Å². The lowest BCUT2D eigenvalue weighted by molar-refractivity contribution is 0.350. The fraction of sp³-hybridized carbons (Fsp3) is 1.00. The van der Waals surface area contributed by atoms with Crippen LogP contribution in [-0.4, -0.2) is 12.6 Å². The second kappa shape index (κ2) is 9.51. The topological polar surface area (TPSA) is 12.0 Å². The molecule has 86 valence electrons. The molecule has 0 aliphatic heterocycles. The van der Waals surface area contributed by atoms with Crippen molar-refractivity contribution in [1.29, 1.82) is 0 Å². The SMILES string of the molecule is CCCNC(CCC)CC(CC)CC. The van der Waals surface area contributed by atoms with Gasteiger partial charge in [-0.15, -0.1) is 0 Å². The van der Waals surface area contributed by atoms with Gasteiger partial charge in [-0.25, -0.2) is 0 Å². The molecule has 1 N–H and O–H groups in total. The normalized spacial score (nSPS) is 13.5. The van der Waals surface area contributed by atoms with E-state index in [4.69, 9.17) is 0 Å². The average Bonchev–Trinajstić information content (AvgIpc) is 2.22. The number of hydrogen-bond acceptors (Lipinski definition) is 1. The summed E-state index contributed by atoms with van der Waals surface area (Å²) in [6, 6.07) is 0.768. The summed E-state index contributed by atoms with van der Waals surface area (Å²) in [4.78, 5) is 0. The molecule has 0 rings (SSSR count). The van der Waals surface area contributed by atoms with E-state index in [1.807, 2.05) is 0 Å². The van der Waals surface area contributed by atoms with Crippen LogP contribution in [0.2, 0.25) is 0 Å². The molecule has 0 aliphatic rings. The molecular weight excluding hydrogens is 170 g/mol. The van der Waals surface area contributed by atoms with Crippen molar-refractivity contribution in [3.05, 3.63) is 0 Å². The first-order valence-corrected chi connectivity index (χ1v) is 6.51. The third-order valence-corrected chi connectivity index (χ3v) is 3.09. The highest BCUT2D eigenvalue weighted by molar-refractivity contribution is 4.70. The van der Waals surface area contributed by atoms with Crippen LogP contribution in [0.5, 0.6) is 0 Å². The Morgan fingerprint density at radius 3 is 2.00 bits per heavy atom. The van der Waals surface area contributed by atoms with Crippen molar-refractivity contribution < 1.29 is 0 Å². The first kappa shape index (κ1) is 14.0. The van der Waals surface area contributed by atoms with Gasteiger partial charge < -0.3 is 5.32 Å². The van der Waals surface area contributed by atoms with Crippen molar-refractivity contribution in [2.24, 2.45) is 5.92 Å². The molecule has 0 bridgehead atoms. The standard InChI is InChI=1S/C13H29N/c1-5-9-13(14-10-6-2)11-12(7-3)8-4/h12-14H,5-11H2,1-4H3. The zero-order valence-corrected chi connectivity index (χ0v) is 10.6. The maximum atomic E-state index is 3.67. The van der Waals surface area contributed by atoms with Crippen LogP contribution in [0.3, 0.4) is 0 Å². The fourth-order valence-corrected chi connectivity index (χ4v) is 2.02. The highest BCUT2D eigenvalue weighted by atomic mass is 14.9. The minimum absolute atomic E-state index is 0.768. The van der Waals surface area contributed by atoms with Gasteiger partial charge in [0.25, 0.3) is 0 Å². The zero-order chi connectivity index (χ0) is 10.8. The van der Waals surface area contributed by atoms with Gasteiger partial charge in [0.2, 0.25) is 0 Å². The van der Waals surface area contributed by atoms with E-state index >= 15 is 0 Å². The Kier molecular flexibility index (Phi) is 9.49. The molecule has 1 atom stereocenters. The van der Waals surface area contributed by atoms with Gasteiger partial charge in [0.1, 0.15) is 0 Å². The van der Waals surface area contributed by atoms with Gasteiger partial charge in [0, 0.05) is 6.04 Å². The lowest BCUT2D eigenvalue weighted by Crippen LogP contribution is -2.31. The predicted octanol–water partition coefficient (Wildman–Crippen LogP) is 3.98. The fourth-order valence-electron chi connectivity index (χ4n) is 2.02. The lowest BCUT2D eigenvalue weighted by atomic mass is 9.93. The van der Waals surface area contributed by atoms with Crippen LogP contribution in [0.4, 0.5) is 0 Å². The second-order valence-electron chi connectivity index (χ2n) is 4.36. The molecule has 0 aromatic heterocycles. The molecule has 1 unspecified atom stereocenters. The Morgan fingerprint density at radius 1 is 0.929 bits per heavy atom. The molecule has 0 spiro atoms. The first-order valence-electron chi connectivity index (χ1n) is 6.51. The summed E-state index contributed by atoms with van der Waals surface area (Å²) in [5.74, 6) is 0.927. The van der Waals surface area contributed by atoms with Crippen molar-refractivity contribution in [2.45, 2.75) is 72.3 Å². The molecule has 0 heterocycles. The highest BCUT2D eigenvalue weighted by Crippen LogP contribution is 2.17. The third kappa shape index (κ3) is 6.42. The number of hydrogen-bond donors (Lipinski definition) is 1. The van der Waals surface area contributed by atoms with E-state index in [-0.39, 0.29) is 0 Å². The maximum absolute atomic E-state index is 3.67. The van der Waals surface area contributed by atoms with Gasteiger partial charge in [0.05, 0.1) is 0 Å². The maximum Gasteiger partial charge on any atom is 0.00695 e. The Morgan fingerprint density at radius 2 is 1.57 bits per heavy atom. The zero-order valence-electron chi connectivity index (χ0n) is 10.6. The van der Waals surface area contributed by atoms with Crippen LogP contribution in [0, 0.1) is 5.92 Å². The predicted molar refractivity (Wildman–Crippen MR) is 65.7 cm³/mol. The molecule has 14 heavy (non-hydrogen) atoms. The summed E-state index contributed by atoms with van der Waals surface area (Å²) in [5.41, 5.74) is 0. The van der Waals surface area contributed by atoms with Crippen LogP contribution >= 0.6 is 0 Å². The summed E-state index contributed by atoms with van der Waals surface area (Å²) < 4.78 is 0. The molecule has 0 saturated carbocycles. The molecule has 0 aromatic rings. The summed E-state index contributed by atoms with van der Waals surface area (Å²) in [7, 11) is 0. The molecule has 0 amide bonds. The van der Waals surface area contributed by atoms with E-state index in [2.05, 4.69) is 33.0 Å². The summed E-state index contributed by atoms with van der Waals surface area (Å²) in [6.07, 6.45) is 7.96. The molecule has 0 saturated heterocycles. The Hall–Kier alpha value is -0.0400. The molecule has 0 aliphatic carbocycles. The van der Waals surface area contributed by atoms with Gasteiger partial charge >= 0.3 is 0 Å². The average molecular weight is 199 g/mol. The molecule has 0 radical (unpaired) electrons. The summed E-state index contributed by atoms with van der Waals surface area (Å²) in [6.45, 7) is 10.3. The minimum Gasteiger partial charge on any atom is -0.314 e. The Bertz CT molecular complexity index is 108. The van der Waals surface area contributed by atoms with Crippen LogP contribution in [-0.2, 0) is 0 Å². The smallest absolute Gasteiger partial charge is 0.00695 e. The highest BCUT2D eigenvalue weighted by Gasteiger charge is 2.12. The van der Waals surface area contributed by atoms with Crippen molar-refractivity contribution in [2.75, 3.05) is 6.54 Å². The van der Waals surface area contributed by atoms with E-state index < -0.39 is 0 Å². The van der Waals surface area contributed by atoms with Crippen molar-refractivity contribution in [1.82, 2.24) is 5.32 Å². The number of rotatable bonds is 9. The summed E-state index contributed by atoms with van der Waals surface area (Å²) >= 11 is 0. The van der Waals surface area contributed by atoms with E-state index in [1.165, 1.54) is 45.1 Å². The first-order chi connectivity index (χ1) is 6.78. The minimum atomic E-state index is 0.768. The van der Waals surface area contributed by atoms with E-state index in [0.717, 1.165) is 12.0 Å². The second-order valence-corrected chi connectivity index (χ2v) is 4.36. The third-order valence-electron chi connectivity index (χ3n) is 3.09. The number of nitrogens with one attached hydrogen (secondary N) is 1. The van der Waals surface area contributed by atoms with Crippen LogP contribution < -0.4 is 5.32 Å². The summed E-state index contributed by atoms with van der Waals surface area (Å²) in [5, 5.41) is 3.67. The molecule has 1 nitrogen and oxygen atoms in total. The lowest BCUT2D eigenvalue weighted by Gasteiger charge is -2.22. The molecule has 0 fully saturated rings. The van der Waals surface area contributed by atoms with Gasteiger partial charge in [0.15, 0.2) is 0 Å². The van der Waals surface area contributed by atoms with Gasteiger partial charge in [-0.3, -0.25) is 0 Å². The quantitative estimate of drug-likeness (QED) is 0.592. The van der Waals surface area contributed by atoms with Crippen LogP contribution in [0.25, 0.3) is 0 Å². The van der Waals surface area contributed by atoms with E-state index in [1.54, 1.807) is 0 Å². The van der Waals surface area contributed by atoms with Crippen molar-refractivity contribution in [3.8, 4) is 0 Å². The van der Waals surface area contributed by atoms with Gasteiger partial charge in [-0.1, -0.05) is 47.0 Å². The monoisotopic (exact) mass is 199 g/mol. The van der Waals surface area contributed by atoms with Crippen LogP contribution in [0.1, 0.15) is 66.2 Å². The van der Waals surface area contributed by atoms with Gasteiger partial charge in [-0.05, 0) is 31.7 Å². The Labute approximate surface area is 90.7 Å². The van der Waals surface area contributed by atoms with Gasteiger partial charge in [-0.2, -0.15) is 0 Å². The van der Waals surface area contributed by atoms with E-state index in [0.29, 0.717) is 0 Å². The Balaban J connectivity index is 3.80. The molecule has 0 aromatic carbocycles. The van der Waals surface area contributed by atoms with Crippen molar-refractivity contribution >= 4 is 0 Å². The largest absolute Gasteiger partial charge is 0.314 e. The van der Waals surface area contributed by atoms with E-state index in [9.17, 15) is 0 Å². The molecule has 1 heteroatoms. The van der Waals surface area contributed by atoms with Crippen LogP contribution in [0.15, 0.2) is 0 Å².